The van der Waals surface area contributed by atoms with E-state index in [-0.39, 0.29) is 4.90 Å². The Kier molecular flexibility index (Phi) is 3.93. The lowest BCUT2D eigenvalue weighted by atomic mass is 10.1. The number of primary sulfonamides is 1. The standard InChI is InChI=1S/C15H19N3O2S/c1-10-6-11(2)8-12(7-10)18(3)15-5-4-13(9-14(15)16)21(17,19)20/h4-9H,16H2,1-3H3,(H2,17,19,20). The Labute approximate surface area is 125 Å². The molecule has 0 saturated carbocycles. The van der Waals surface area contributed by atoms with E-state index in [4.69, 9.17) is 10.9 Å². The van der Waals surface area contributed by atoms with E-state index in [1.165, 1.54) is 12.1 Å². The van der Waals surface area contributed by atoms with Gasteiger partial charge >= 0.3 is 0 Å². The molecule has 2 aromatic carbocycles. The Hall–Kier alpha value is -2.05. The van der Waals surface area contributed by atoms with Crippen molar-refractivity contribution in [1.82, 2.24) is 0 Å². The van der Waals surface area contributed by atoms with Gasteiger partial charge in [0.05, 0.1) is 16.3 Å². The number of nitrogens with zero attached hydrogens (tertiary/aromatic N) is 1. The van der Waals surface area contributed by atoms with Gasteiger partial charge in [0.2, 0.25) is 10.0 Å². The third kappa shape index (κ3) is 3.34. The quantitative estimate of drug-likeness (QED) is 0.851. The molecular formula is C15H19N3O2S. The van der Waals surface area contributed by atoms with E-state index in [9.17, 15) is 8.42 Å². The second-order valence-corrected chi connectivity index (χ2v) is 6.73. The predicted molar refractivity (Wildman–Crippen MR) is 86.2 cm³/mol. The maximum absolute atomic E-state index is 11.3. The Balaban J connectivity index is 2.46. The van der Waals surface area contributed by atoms with Crippen molar-refractivity contribution in [2.75, 3.05) is 17.7 Å². The zero-order valence-electron chi connectivity index (χ0n) is 12.3. The number of nitrogens with two attached hydrogens (primary N) is 2. The molecule has 0 fully saturated rings. The van der Waals surface area contributed by atoms with E-state index >= 15 is 0 Å². The van der Waals surface area contributed by atoms with Crippen molar-refractivity contribution < 1.29 is 8.42 Å². The Morgan fingerprint density at radius 1 is 1.00 bits per heavy atom. The molecule has 0 atom stereocenters. The van der Waals surface area contributed by atoms with E-state index in [0.717, 1.165) is 22.5 Å². The topological polar surface area (TPSA) is 89.4 Å². The fourth-order valence-corrected chi connectivity index (χ4v) is 2.85. The average molecular weight is 305 g/mol. The molecule has 0 unspecified atom stereocenters. The lowest BCUT2D eigenvalue weighted by molar-refractivity contribution is 0.598. The van der Waals surface area contributed by atoms with Gasteiger partial charge in [-0.05, 0) is 55.3 Å². The van der Waals surface area contributed by atoms with Gasteiger partial charge in [-0.1, -0.05) is 6.07 Å². The zero-order valence-corrected chi connectivity index (χ0v) is 13.1. The van der Waals surface area contributed by atoms with E-state index in [2.05, 4.69) is 6.07 Å². The van der Waals surface area contributed by atoms with Gasteiger partial charge in [-0.3, -0.25) is 0 Å². The van der Waals surface area contributed by atoms with Crippen LogP contribution in [0, 0.1) is 13.8 Å². The summed E-state index contributed by atoms with van der Waals surface area (Å²) >= 11 is 0. The van der Waals surface area contributed by atoms with Crippen LogP contribution in [0.3, 0.4) is 0 Å². The van der Waals surface area contributed by atoms with Gasteiger partial charge in [0.15, 0.2) is 0 Å². The second kappa shape index (κ2) is 5.38. The number of nitrogen functional groups attached to an aromatic ring is 1. The average Bonchev–Trinajstić information content (AvgIpc) is 2.35. The van der Waals surface area contributed by atoms with Gasteiger partial charge in [0, 0.05) is 12.7 Å². The minimum atomic E-state index is -3.74. The van der Waals surface area contributed by atoms with E-state index in [1.54, 1.807) is 6.07 Å². The van der Waals surface area contributed by atoms with Crippen molar-refractivity contribution in [2.24, 2.45) is 5.14 Å². The minimum absolute atomic E-state index is 0.0116. The predicted octanol–water partition coefficient (Wildman–Crippen LogP) is 2.30. The highest BCUT2D eigenvalue weighted by Gasteiger charge is 2.13. The van der Waals surface area contributed by atoms with Crippen LogP contribution >= 0.6 is 0 Å². The zero-order chi connectivity index (χ0) is 15.8. The van der Waals surface area contributed by atoms with Crippen LogP contribution in [-0.2, 0) is 10.0 Å². The fraction of sp³-hybridized carbons (Fsp3) is 0.200. The Morgan fingerprint density at radius 3 is 2.05 bits per heavy atom. The van der Waals surface area contributed by atoms with Crippen molar-refractivity contribution in [3.8, 4) is 0 Å². The lowest BCUT2D eigenvalue weighted by Gasteiger charge is -2.22. The fourth-order valence-electron chi connectivity index (χ4n) is 2.30. The number of rotatable bonds is 3. The Morgan fingerprint density at radius 2 is 1.57 bits per heavy atom. The largest absolute Gasteiger partial charge is 0.397 e. The number of hydrogen-bond acceptors (Lipinski definition) is 4. The first-order valence-corrected chi connectivity index (χ1v) is 7.97. The smallest absolute Gasteiger partial charge is 0.238 e. The summed E-state index contributed by atoms with van der Waals surface area (Å²) in [6, 6.07) is 10.7. The second-order valence-electron chi connectivity index (χ2n) is 5.17. The van der Waals surface area contributed by atoms with E-state index < -0.39 is 10.0 Å². The molecular weight excluding hydrogens is 286 g/mol. The van der Waals surface area contributed by atoms with Gasteiger partial charge in [-0.25, -0.2) is 13.6 Å². The van der Waals surface area contributed by atoms with Crippen molar-refractivity contribution >= 4 is 27.1 Å². The maximum atomic E-state index is 11.3. The first-order valence-electron chi connectivity index (χ1n) is 6.43. The van der Waals surface area contributed by atoms with Crippen LogP contribution in [0.15, 0.2) is 41.3 Å². The highest BCUT2D eigenvalue weighted by atomic mass is 32.2. The number of benzene rings is 2. The van der Waals surface area contributed by atoms with Crippen LogP contribution in [0.4, 0.5) is 17.1 Å². The van der Waals surface area contributed by atoms with Gasteiger partial charge < -0.3 is 10.6 Å². The molecule has 2 rings (SSSR count). The monoisotopic (exact) mass is 305 g/mol. The summed E-state index contributed by atoms with van der Waals surface area (Å²) in [7, 11) is -1.86. The molecule has 0 heterocycles. The molecule has 4 N–H and O–H groups in total. The van der Waals surface area contributed by atoms with Gasteiger partial charge in [0.25, 0.3) is 0 Å². The first-order chi connectivity index (χ1) is 9.68. The van der Waals surface area contributed by atoms with E-state index in [1.807, 2.05) is 37.9 Å². The van der Waals surface area contributed by atoms with Crippen molar-refractivity contribution in [3.05, 3.63) is 47.5 Å². The summed E-state index contributed by atoms with van der Waals surface area (Å²) in [6.45, 7) is 4.05. The molecule has 0 aromatic heterocycles. The number of hydrogen-bond donors (Lipinski definition) is 2. The molecule has 0 spiro atoms. The minimum Gasteiger partial charge on any atom is -0.397 e. The third-order valence-corrected chi connectivity index (χ3v) is 4.19. The van der Waals surface area contributed by atoms with Crippen molar-refractivity contribution in [2.45, 2.75) is 18.7 Å². The molecule has 0 aliphatic heterocycles. The summed E-state index contributed by atoms with van der Waals surface area (Å²) in [6.07, 6.45) is 0. The molecule has 0 saturated heterocycles. The molecule has 2 aromatic rings. The molecule has 0 radical (unpaired) electrons. The number of aryl methyl sites for hydroxylation is 2. The third-order valence-electron chi connectivity index (χ3n) is 3.28. The SMILES string of the molecule is Cc1cc(C)cc(N(C)c2ccc(S(N)(=O)=O)cc2N)c1. The normalized spacial score (nSPS) is 11.4. The summed E-state index contributed by atoms with van der Waals surface area (Å²) in [5.74, 6) is 0. The summed E-state index contributed by atoms with van der Waals surface area (Å²) in [4.78, 5) is 1.93. The van der Waals surface area contributed by atoms with Crippen LogP contribution < -0.4 is 15.8 Å². The van der Waals surface area contributed by atoms with Gasteiger partial charge in [-0.15, -0.1) is 0 Å². The first kappa shape index (κ1) is 15.3. The van der Waals surface area contributed by atoms with Crippen LogP contribution in [-0.4, -0.2) is 15.5 Å². The number of sulfonamides is 1. The van der Waals surface area contributed by atoms with Crippen LogP contribution in [0.5, 0.6) is 0 Å². The summed E-state index contributed by atoms with van der Waals surface area (Å²) in [5.41, 5.74) is 10.4. The molecule has 112 valence electrons. The summed E-state index contributed by atoms with van der Waals surface area (Å²) < 4.78 is 22.7. The van der Waals surface area contributed by atoms with Crippen LogP contribution in [0.1, 0.15) is 11.1 Å². The van der Waals surface area contributed by atoms with E-state index in [0.29, 0.717) is 5.69 Å². The van der Waals surface area contributed by atoms with Gasteiger partial charge in [0.1, 0.15) is 0 Å². The highest BCUT2D eigenvalue weighted by Crippen LogP contribution is 2.31. The molecule has 5 nitrogen and oxygen atoms in total. The van der Waals surface area contributed by atoms with Crippen LogP contribution in [0.2, 0.25) is 0 Å². The van der Waals surface area contributed by atoms with Gasteiger partial charge in [-0.2, -0.15) is 0 Å². The molecule has 6 heteroatoms. The molecule has 0 aliphatic carbocycles. The maximum Gasteiger partial charge on any atom is 0.238 e. The van der Waals surface area contributed by atoms with Crippen LogP contribution in [0.25, 0.3) is 0 Å². The molecule has 0 aliphatic rings. The molecule has 21 heavy (non-hydrogen) atoms. The summed E-state index contributed by atoms with van der Waals surface area (Å²) in [5, 5.41) is 5.11. The highest BCUT2D eigenvalue weighted by molar-refractivity contribution is 7.89. The van der Waals surface area contributed by atoms with Crippen molar-refractivity contribution in [1.29, 1.82) is 0 Å². The number of anilines is 3. The lowest BCUT2D eigenvalue weighted by Crippen LogP contribution is -2.15. The molecule has 0 bridgehead atoms. The van der Waals surface area contributed by atoms with Crippen molar-refractivity contribution in [3.63, 3.8) is 0 Å². The molecule has 0 amide bonds. The Bertz CT molecular complexity index is 765.